The average molecular weight is 313 g/mol. The standard InChI is InChI=1S/C14H23N3O3S/c1-5-17(9-13(18)16-10(2)3)21(19,20)14-11(4)7-6-8-12(14)15/h6-8,10H,5,9,15H2,1-4H3,(H,16,18). The van der Waals surface area contributed by atoms with Crippen LogP contribution < -0.4 is 11.1 Å². The van der Waals surface area contributed by atoms with Crippen LogP contribution in [0.3, 0.4) is 0 Å². The summed E-state index contributed by atoms with van der Waals surface area (Å²) in [5, 5.41) is 2.68. The average Bonchev–Trinajstić information content (AvgIpc) is 2.34. The second-order valence-corrected chi connectivity index (χ2v) is 7.02. The van der Waals surface area contributed by atoms with Crippen LogP contribution in [-0.4, -0.2) is 37.8 Å². The van der Waals surface area contributed by atoms with Crippen LogP contribution in [0.1, 0.15) is 26.3 Å². The third-order valence-electron chi connectivity index (χ3n) is 2.96. The SMILES string of the molecule is CCN(CC(=O)NC(C)C)S(=O)(=O)c1c(C)cccc1N. The van der Waals surface area contributed by atoms with Gasteiger partial charge in [0.15, 0.2) is 0 Å². The normalized spacial score (nSPS) is 11.9. The molecule has 0 bridgehead atoms. The number of carbonyl (C=O) groups excluding carboxylic acids is 1. The summed E-state index contributed by atoms with van der Waals surface area (Å²) in [6, 6.07) is 4.89. The molecule has 0 aliphatic heterocycles. The minimum Gasteiger partial charge on any atom is -0.398 e. The number of aryl methyl sites for hydroxylation is 1. The van der Waals surface area contributed by atoms with Crippen LogP contribution in [0, 0.1) is 6.92 Å². The molecule has 0 fully saturated rings. The van der Waals surface area contributed by atoms with E-state index in [1.807, 2.05) is 13.8 Å². The highest BCUT2D eigenvalue weighted by Crippen LogP contribution is 2.25. The highest BCUT2D eigenvalue weighted by molar-refractivity contribution is 7.89. The van der Waals surface area contributed by atoms with Crippen molar-refractivity contribution in [3.8, 4) is 0 Å². The molecule has 6 nitrogen and oxygen atoms in total. The number of nitrogen functional groups attached to an aromatic ring is 1. The van der Waals surface area contributed by atoms with Gasteiger partial charge in [0, 0.05) is 12.6 Å². The monoisotopic (exact) mass is 313 g/mol. The molecule has 0 radical (unpaired) electrons. The van der Waals surface area contributed by atoms with Crippen LogP contribution >= 0.6 is 0 Å². The van der Waals surface area contributed by atoms with Crippen molar-refractivity contribution in [2.24, 2.45) is 0 Å². The van der Waals surface area contributed by atoms with Crippen molar-refractivity contribution in [1.82, 2.24) is 9.62 Å². The first-order chi connectivity index (χ1) is 9.70. The lowest BCUT2D eigenvalue weighted by molar-refractivity contribution is -0.121. The van der Waals surface area contributed by atoms with Crippen LogP contribution in [0.15, 0.2) is 23.1 Å². The van der Waals surface area contributed by atoms with E-state index in [1.54, 1.807) is 32.0 Å². The van der Waals surface area contributed by atoms with Crippen LogP contribution in [0.5, 0.6) is 0 Å². The van der Waals surface area contributed by atoms with Gasteiger partial charge >= 0.3 is 0 Å². The highest BCUT2D eigenvalue weighted by atomic mass is 32.2. The number of rotatable bonds is 6. The van der Waals surface area contributed by atoms with Crippen molar-refractivity contribution in [2.75, 3.05) is 18.8 Å². The predicted octanol–water partition coefficient (Wildman–Crippen LogP) is 1.11. The van der Waals surface area contributed by atoms with Gasteiger partial charge in [-0.2, -0.15) is 4.31 Å². The van der Waals surface area contributed by atoms with E-state index < -0.39 is 10.0 Å². The van der Waals surface area contributed by atoms with Crippen LogP contribution in [0.2, 0.25) is 0 Å². The fraction of sp³-hybridized carbons (Fsp3) is 0.500. The summed E-state index contributed by atoms with van der Waals surface area (Å²) in [7, 11) is -3.80. The number of hydrogen-bond acceptors (Lipinski definition) is 4. The Morgan fingerprint density at radius 3 is 2.48 bits per heavy atom. The summed E-state index contributed by atoms with van der Waals surface area (Å²) in [6.45, 7) is 7.00. The Morgan fingerprint density at radius 2 is 2.00 bits per heavy atom. The van der Waals surface area contributed by atoms with Gasteiger partial charge in [0.1, 0.15) is 4.90 Å². The first-order valence-electron chi connectivity index (χ1n) is 6.84. The van der Waals surface area contributed by atoms with E-state index in [1.165, 1.54) is 0 Å². The minimum atomic E-state index is -3.80. The summed E-state index contributed by atoms with van der Waals surface area (Å²) in [4.78, 5) is 11.9. The van der Waals surface area contributed by atoms with E-state index in [0.29, 0.717) is 5.56 Å². The minimum absolute atomic E-state index is 0.0394. The maximum atomic E-state index is 12.7. The van der Waals surface area contributed by atoms with Gasteiger partial charge in [-0.05, 0) is 32.4 Å². The molecule has 0 spiro atoms. The molecular formula is C14H23N3O3S. The largest absolute Gasteiger partial charge is 0.398 e. The molecule has 0 aliphatic carbocycles. The zero-order chi connectivity index (χ0) is 16.2. The summed E-state index contributed by atoms with van der Waals surface area (Å²) < 4.78 is 26.5. The van der Waals surface area contributed by atoms with Gasteiger partial charge in [-0.1, -0.05) is 19.1 Å². The Bertz CT molecular complexity index is 592. The number of benzene rings is 1. The van der Waals surface area contributed by atoms with E-state index in [4.69, 9.17) is 5.73 Å². The number of carbonyl (C=O) groups is 1. The van der Waals surface area contributed by atoms with Crippen molar-refractivity contribution in [3.05, 3.63) is 23.8 Å². The van der Waals surface area contributed by atoms with Crippen molar-refractivity contribution >= 4 is 21.6 Å². The van der Waals surface area contributed by atoms with Gasteiger partial charge in [-0.15, -0.1) is 0 Å². The number of hydrogen-bond donors (Lipinski definition) is 2. The molecule has 1 aromatic carbocycles. The van der Waals surface area contributed by atoms with Gasteiger partial charge < -0.3 is 11.1 Å². The first-order valence-corrected chi connectivity index (χ1v) is 8.28. The molecule has 0 aliphatic rings. The maximum Gasteiger partial charge on any atom is 0.245 e. The molecule has 0 saturated heterocycles. The van der Waals surface area contributed by atoms with Crippen molar-refractivity contribution in [2.45, 2.75) is 38.6 Å². The lowest BCUT2D eigenvalue weighted by Gasteiger charge is -2.22. The summed E-state index contributed by atoms with van der Waals surface area (Å²) in [5.41, 5.74) is 6.56. The molecule has 1 rings (SSSR count). The zero-order valence-corrected chi connectivity index (χ0v) is 13.7. The number of amides is 1. The van der Waals surface area contributed by atoms with E-state index in [0.717, 1.165) is 4.31 Å². The summed E-state index contributed by atoms with van der Waals surface area (Å²) in [5.74, 6) is -0.331. The third kappa shape index (κ3) is 4.18. The van der Waals surface area contributed by atoms with E-state index in [9.17, 15) is 13.2 Å². The molecule has 0 atom stereocenters. The smallest absolute Gasteiger partial charge is 0.245 e. The van der Waals surface area contributed by atoms with Crippen LogP contribution in [0.4, 0.5) is 5.69 Å². The fourth-order valence-electron chi connectivity index (χ4n) is 2.05. The molecule has 1 amide bonds. The van der Waals surface area contributed by atoms with Gasteiger partial charge in [-0.3, -0.25) is 4.79 Å². The molecule has 118 valence electrons. The van der Waals surface area contributed by atoms with Gasteiger partial charge in [-0.25, -0.2) is 8.42 Å². The zero-order valence-electron chi connectivity index (χ0n) is 12.9. The van der Waals surface area contributed by atoms with Gasteiger partial charge in [0.05, 0.1) is 12.2 Å². The lowest BCUT2D eigenvalue weighted by Crippen LogP contribution is -2.42. The molecule has 3 N–H and O–H groups in total. The molecule has 0 saturated carbocycles. The number of sulfonamides is 1. The summed E-state index contributed by atoms with van der Waals surface area (Å²) in [6.07, 6.45) is 0. The number of nitrogens with one attached hydrogen (secondary N) is 1. The van der Waals surface area contributed by atoms with Crippen LogP contribution in [0.25, 0.3) is 0 Å². The Morgan fingerprint density at radius 1 is 1.38 bits per heavy atom. The number of likely N-dealkylation sites (N-methyl/N-ethyl adjacent to an activating group) is 1. The quantitative estimate of drug-likeness (QED) is 0.770. The summed E-state index contributed by atoms with van der Waals surface area (Å²) >= 11 is 0. The molecule has 1 aromatic rings. The number of nitrogens with two attached hydrogens (primary N) is 1. The topological polar surface area (TPSA) is 92.5 Å². The van der Waals surface area contributed by atoms with Crippen molar-refractivity contribution in [1.29, 1.82) is 0 Å². The molecule has 0 unspecified atom stereocenters. The fourth-order valence-corrected chi connectivity index (χ4v) is 3.78. The van der Waals surface area contributed by atoms with Crippen molar-refractivity contribution in [3.63, 3.8) is 0 Å². The van der Waals surface area contributed by atoms with Gasteiger partial charge in [0.2, 0.25) is 15.9 Å². The maximum absolute atomic E-state index is 12.7. The van der Waals surface area contributed by atoms with Crippen LogP contribution in [-0.2, 0) is 14.8 Å². The molecule has 0 aromatic heterocycles. The molecule has 21 heavy (non-hydrogen) atoms. The second-order valence-electron chi connectivity index (χ2n) is 5.15. The first kappa shape index (κ1) is 17.5. The Labute approximate surface area is 126 Å². The van der Waals surface area contributed by atoms with Crippen molar-refractivity contribution < 1.29 is 13.2 Å². The van der Waals surface area contributed by atoms with E-state index in [-0.39, 0.29) is 35.6 Å². The number of nitrogens with zero attached hydrogens (tertiary/aromatic N) is 1. The molecule has 7 heteroatoms. The molecular weight excluding hydrogens is 290 g/mol. The Balaban J connectivity index is 3.12. The number of anilines is 1. The second kappa shape index (κ2) is 6.91. The Kier molecular flexibility index (Phi) is 5.74. The Hall–Kier alpha value is -1.60. The third-order valence-corrected chi connectivity index (χ3v) is 5.10. The highest BCUT2D eigenvalue weighted by Gasteiger charge is 2.28. The van der Waals surface area contributed by atoms with E-state index >= 15 is 0 Å². The van der Waals surface area contributed by atoms with Gasteiger partial charge in [0.25, 0.3) is 0 Å². The lowest BCUT2D eigenvalue weighted by atomic mass is 10.2. The molecule has 0 heterocycles. The predicted molar refractivity (Wildman–Crippen MR) is 83.3 cm³/mol. The van der Waals surface area contributed by atoms with E-state index in [2.05, 4.69) is 5.32 Å².